The molecule has 0 saturated carbocycles. The van der Waals surface area contributed by atoms with E-state index in [1.807, 2.05) is 0 Å². The summed E-state index contributed by atoms with van der Waals surface area (Å²) in [5.41, 5.74) is 5.79. The number of aromatic nitrogens is 1. The van der Waals surface area contributed by atoms with Crippen LogP contribution in [-0.4, -0.2) is 23.3 Å². The minimum Gasteiger partial charge on any atom is -0.320 e. The maximum absolute atomic E-state index is 11.7. The van der Waals surface area contributed by atoms with Gasteiger partial charge in [0.15, 0.2) is 0 Å². The average molecular weight is 243 g/mol. The first-order valence-corrected chi connectivity index (χ1v) is 5.74. The number of nitrogens with zero attached hydrogens (tertiary/aromatic N) is 2. The Kier molecular flexibility index (Phi) is 3.70. The third kappa shape index (κ3) is 2.55. The molecule has 0 aliphatic carbocycles. The molecule has 2 rings (SSSR count). The Bertz CT molecular complexity index is 527. The summed E-state index contributed by atoms with van der Waals surface area (Å²) in [4.78, 5) is 28.8. The summed E-state index contributed by atoms with van der Waals surface area (Å²) in [7, 11) is 0. The van der Waals surface area contributed by atoms with Gasteiger partial charge in [-0.15, -0.1) is 0 Å². The van der Waals surface area contributed by atoms with Gasteiger partial charge in [-0.25, -0.2) is 9.88 Å². The normalized spacial score (nSPS) is 15.3. The number of anilines is 1. The van der Waals surface area contributed by atoms with E-state index < -0.39 is 0 Å². The fourth-order valence-corrected chi connectivity index (χ4v) is 1.77. The topological polar surface area (TPSA) is 76.3 Å². The number of imide groups is 1. The SMILES string of the molecule is NCC#Cc1cccc(N2C(=O)CCCC2=O)n1. The van der Waals surface area contributed by atoms with Gasteiger partial charge in [0.2, 0.25) is 11.8 Å². The van der Waals surface area contributed by atoms with Crippen LogP contribution in [0, 0.1) is 11.8 Å². The number of carbonyl (C=O) groups is 2. The lowest BCUT2D eigenvalue weighted by molar-refractivity contribution is -0.129. The van der Waals surface area contributed by atoms with E-state index in [1.54, 1.807) is 18.2 Å². The predicted molar refractivity (Wildman–Crippen MR) is 66.5 cm³/mol. The van der Waals surface area contributed by atoms with Crippen LogP contribution in [0.5, 0.6) is 0 Å². The van der Waals surface area contributed by atoms with Crippen molar-refractivity contribution in [1.82, 2.24) is 4.98 Å². The van der Waals surface area contributed by atoms with Crippen molar-refractivity contribution in [2.45, 2.75) is 19.3 Å². The second-order valence-electron chi connectivity index (χ2n) is 3.86. The lowest BCUT2D eigenvalue weighted by Crippen LogP contribution is -2.40. The smallest absolute Gasteiger partial charge is 0.234 e. The number of hydrogen-bond donors (Lipinski definition) is 1. The average Bonchev–Trinajstić information content (AvgIpc) is 2.37. The number of pyridine rings is 1. The van der Waals surface area contributed by atoms with Crippen LogP contribution >= 0.6 is 0 Å². The molecule has 0 atom stereocenters. The van der Waals surface area contributed by atoms with E-state index in [0.717, 1.165) is 4.90 Å². The van der Waals surface area contributed by atoms with E-state index in [0.29, 0.717) is 30.8 Å². The zero-order chi connectivity index (χ0) is 13.0. The third-order valence-corrected chi connectivity index (χ3v) is 2.56. The van der Waals surface area contributed by atoms with Gasteiger partial charge in [0.05, 0.1) is 6.54 Å². The molecule has 2 N–H and O–H groups in total. The molecule has 1 aromatic heterocycles. The molecule has 0 unspecified atom stereocenters. The Labute approximate surface area is 105 Å². The van der Waals surface area contributed by atoms with Crippen molar-refractivity contribution in [2.75, 3.05) is 11.4 Å². The van der Waals surface area contributed by atoms with Gasteiger partial charge >= 0.3 is 0 Å². The molecule has 1 fully saturated rings. The van der Waals surface area contributed by atoms with Crippen LogP contribution < -0.4 is 10.6 Å². The quantitative estimate of drug-likeness (QED) is 0.573. The highest BCUT2D eigenvalue weighted by Crippen LogP contribution is 2.19. The first-order valence-electron chi connectivity index (χ1n) is 5.74. The van der Waals surface area contributed by atoms with Crippen LogP contribution in [0.3, 0.4) is 0 Å². The van der Waals surface area contributed by atoms with Crippen molar-refractivity contribution in [3.05, 3.63) is 23.9 Å². The molecule has 0 bridgehead atoms. The molecule has 2 heterocycles. The molecule has 0 radical (unpaired) electrons. The highest BCUT2D eigenvalue weighted by atomic mass is 16.2. The summed E-state index contributed by atoms with van der Waals surface area (Å²) in [6.07, 6.45) is 1.37. The lowest BCUT2D eigenvalue weighted by Gasteiger charge is -2.23. The van der Waals surface area contributed by atoms with Crippen LogP contribution in [0.4, 0.5) is 5.82 Å². The fourth-order valence-electron chi connectivity index (χ4n) is 1.77. The lowest BCUT2D eigenvalue weighted by atomic mass is 10.1. The Balaban J connectivity index is 2.32. The zero-order valence-electron chi connectivity index (χ0n) is 9.85. The number of amides is 2. The molecular formula is C13H13N3O2. The Morgan fingerprint density at radius 1 is 1.28 bits per heavy atom. The summed E-state index contributed by atoms with van der Waals surface area (Å²) >= 11 is 0. The van der Waals surface area contributed by atoms with Crippen LogP contribution in [0.15, 0.2) is 18.2 Å². The highest BCUT2D eigenvalue weighted by Gasteiger charge is 2.28. The molecule has 92 valence electrons. The molecule has 1 aliphatic heterocycles. The van der Waals surface area contributed by atoms with E-state index in [2.05, 4.69) is 16.8 Å². The Morgan fingerprint density at radius 2 is 2.00 bits per heavy atom. The molecule has 0 aromatic carbocycles. The van der Waals surface area contributed by atoms with Crippen molar-refractivity contribution in [3.8, 4) is 11.8 Å². The molecule has 5 heteroatoms. The maximum atomic E-state index is 11.7. The predicted octanol–water partition coefficient (Wildman–Crippen LogP) is 0.435. The molecule has 1 aliphatic rings. The Morgan fingerprint density at radius 3 is 2.67 bits per heavy atom. The first-order chi connectivity index (χ1) is 8.72. The number of carbonyl (C=O) groups excluding carboxylic acids is 2. The van der Waals surface area contributed by atoms with E-state index >= 15 is 0 Å². The first kappa shape index (κ1) is 12.3. The van der Waals surface area contributed by atoms with Gasteiger partial charge in [-0.2, -0.15) is 0 Å². The van der Waals surface area contributed by atoms with E-state index in [1.165, 1.54) is 0 Å². The number of rotatable bonds is 1. The zero-order valence-corrected chi connectivity index (χ0v) is 9.85. The molecule has 1 saturated heterocycles. The Hall–Kier alpha value is -2.19. The molecule has 5 nitrogen and oxygen atoms in total. The van der Waals surface area contributed by atoms with Crippen LogP contribution in [0.1, 0.15) is 25.0 Å². The fraction of sp³-hybridized carbons (Fsp3) is 0.308. The summed E-state index contributed by atoms with van der Waals surface area (Å²) in [5.74, 6) is 5.39. The molecule has 18 heavy (non-hydrogen) atoms. The summed E-state index contributed by atoms with van der Waals surface area (Å²) in [5, 5.41) is 0. The number of piperidine rings is 1. The number of hydrogen-bond acceptors (Lipinski definition) is 4. The minimum atomic E-state index is -0.206. The second kappa shape index (κ2) is 5.43. The summed E-state index contributed by atoms with van der Waals surface area (Å²) < 4.78 is 0. The summed E-state index contributed by atoms with van der Waals surface area (Å²) in [6, 6.07) is 5.07. The van der Waals surface area contributed by atoms with Crippen molar-refractivity contribution >= 4 is 17.6 Å². The van der Waals surface area contributed by atoms with Crippen LogP contribution in [-0.2, 0) is 9.59 Å². The van der Waals surface area contributed by atoms with Gasteiger partial charge in [0, 0.05) is 12.8 Å². The van der Waals surface area contributed by atoms with Gasteiger partial charge in [-0.3, -0.25) is 9.59 Å². The minimum absolute atomic E-state index is 0.206. The van der Waals surface area contributed by atoms with Gasteiger partial charge in [-0.1, -0.05) is 12.0 Å². The van der Waals surface area contributed by atoms with Gasteiger partial charge < -0.3 is 5.73 Å². The monoisotopic (exact) mass is 243 g/mol. The highest BCUT2D eigenvalue weighted by molar-refractivity contribution is 6.15. The van der Waals surface area contributed by atoms with E-state index in [4.69, 9.17) is 5.73 Å². The maximum Gasteiger partial charge on any atom is 0.234 e. The van der Waals surface area contributed by atoms with E-state index in [-0.39, 0.29) is 18.4 Å². The van der Waals surface area contributed by atoms with Gasteiger partial charge in [0.25, 0.3) is 0 Å². The van der Waals surface area contributed by atoms with Crippen molar-refractivity contribution < 1.29 is 9.59 Å². The van der Waals surface area contributed by atoms with Gasteiger partial charge in [0.1, 0.15) is 11.5 Å². The summed E-state index contributed by atoms with van der Waals surface area (Å²) in [6.45, 7) is 0.244. The largest absolute Gasteiger partial charge is 0.320 e. The van der Waals surface area contributed by atoms with E-state index in [9.17, 15) is 9.59 Å². The standard InChI is InChI=1S/C13H13N3O2/c14-9-3-5-10-4-1-6-11(15-10)16-12(17)7-2-8-13(16)18/h1,4,6H,2,7-9,14H2. The van der Waals surface area contributed by atoms with Crippen LogP contribution in [0.25, 0.3) is 0 Å². The molecule has 2 amide bonds. The molecule has 1 aromatic rings. The third-order valence-electron chi connectivity index (χ3n) is 2.56. The second-order valence-corrected chi connectivity index (χ2v) is 3.86. The molecule has 0 spiro atoms. The number of nitrogens with two attached hydrogens (primary N) is 1. The molecular weight excluding hydrogens is 230 g/mol. The van der Waals surface area contributed by atoms with Crippen LogP contribution in [0.2, 0.25) is 0 Å². The van der Waals surface area contributed by atoms with Crippen molar-refractivity contribution in [2.24, 2.45) is 5.73 Å². The van der Waals surface area contributed by atoms with Crippen molar-refractivity contribution in [3.63, 3.8) is 0 Å². The van der Waals surface area contributed by atoms with Gasteiger partial charge in [-0.05, 0) is 24.5 Å². The van der Waals surface area contributed by atoms with Crippen molar-refractivity contribution in [1.29, 1.82) is 0 Å².